The van der Waals surface area contributed by atoms with Crippen LogP contribution in [0.4, 0.5) is 5.69 Å². The van der Waals surface area contributed by atoms with Crippen molar-refractivity contribution < 1.29 is 14.3 Å². The Balaban J connectivity index is 2.55. The smallest absolute Gasteiger partial charge is 0.330 e. The number of rotatable bonds is 3. The van der Waals surface area contributed by atoms with Crippen molar-refractivity contribution in [2.45, 2.75) is 6.92 Å². The molecule has 0 saturated carbocycles. The minimum Gasteiger partial charge on any atom is -0.466 e. The van der Waals surface area contributed by atoms with Crippen LogP contribution in [0.2, 0.25) is 0 Å². The number of ether oxygens (including phenoxy) is 1. The molecule has 0 fully saturated rings. The molecule has 0 heterocycles. The molecule has 1 amide bonds. The third-order valence-corrected chi connectivity index (χ3v) is 1.89. The molecule has 4 nitrogen and oxygen atoms in total. The van der Waals surface area contributed by atoms with E-state index in [1.807, 2.05) is 19.1 Å². The van der Waals surface area contributed by atoms with Gasteiger partial charge in [0.1, 0.15) is 0 Å². The molecule has 0 spiro atoms. The zero-order valence-corrected chi connectivity index (χ0v) is 9.19. The van der Waals surface area contributed by atoms with Crippen LogP contribution in [0, 0.1) is 6.92 Å². The molecule has 1 rings (SSSR count). The summed E-state index contributed by atoms with van der Waals surface area (Å²) in [5.41, 5.74) is 1.80. The zero-order chi connectivity index (χ0) is 12.0. The Morgan fingerprint density at radius 3 is 2.38 bits per heavy atom. The summed E-state index contributed by atoms with van der Waals surface area (Å²) in [7, 11) is 1.25. The first kappa shape index (κ1) is 12.0. The predicted molar refractivity (Wildman–Crippen MR) is 61.0 cm³/mol. The van der Waals surface area contributed by atoms with E-state index in [4.69, 9.17) is 0 Å². The van der Waals surface area contributed by atoms with E-state index < -0.39 is 5.97 Å². The SMILES string of the molecule is COC(=O)/C=C/C(=O)Nc1ccc(C)cc1. The molecule has 0 unspecified atom stereocenters. The van der Waals surface area contributed by atoms with E-state index in [-0.39, 0.29) is 5.91 Å². The van der Waals surface area contributed by atoms with Gasteiger partial charge in [-0.15, -0.1) is 0 Å². The molecule has 0 atom stereocenters. The van der Waals surface area contributed by atoms with Crippen LogP contribution in [0.5, 0.6) is 0 Å². The summed E-state index contributed by atoms with van der Waals surface area (Å²) in [6.07, 6.45) is 2.20. The number of carbonyl (C=O) groups is 2. The zero-order valence-electron chi connectivity index (χ0n) is 9.19. The van der Waals surface area contributed by atoms with Crippen molar-refractivity contribution in [3.8, 4) is 0 Å². The summed E-state index contributed by atoms with van der Waals surface area (Å²) < 4.78 is 4.36. The number of carbonyl (C=O) groups excluding carboxylic acids is 2. The van der Waals surface area contributed by atoms with Crippen molar-refractivity contribution in [2.24, 2.45) is 0 Å². The topological polar surface area (TPSA) is 55.4 Å². The number of anilines is 1. The molecule has 16 heavy (non-hydrogen) atoms. The number of hydrogen-bond donors (Lipinski definition) is 1. The normalized spacial score (nSPS) is 10.1. The van der Waals surface area contributed by atoms with E-state index in [1.165, 1.54) is 7.11 Å². The molecule has 0 aliphatic heterocycles. The number of hydrogen-bond acceptors (Lipinski definition) is 3. The molecule has 0 radical (unpaired) electrons. The lowest BCUT2D eigenvalue weighted by atomic mass is 10.2. The van der Waals surface area contributed by atoms with Crippen LogP contribution in [0.15, 0.2) is 36.4 Å². The third-order valence-electron chi connectivity index (χ3n) is 1.89. The van der Waals surface area contributed by atoms with E-state index in [2.05, 4.69) is 10.1 Å². The highest BCUT2D eigenvalue weighted by Crippen LogP contribution is 2.08. The van der Waals surface area contributed by atoms with Crippen LogP contribution < -0.4 is 5.32 Å². The largest absolute Gasteiger partial charge is 0.466 e. The van der Waals surface area contributed by atoms with Gasteiger partial charge in [-0.05, 0) is 19.1 Å². The van der Waals surface area contributed by atoms with Crippen LogP contribution in [-0.2, 0) is 14.3 Å². The first-order valence-corrected chi connectivity index (χ1v) is 4.75. The van der Waals surface area contributed by atoms with Gasteiger partial charge in [-0.2, -0.15) is 0 Å². The quantitative estimate of drug-likeness (QED) is 0.621. The minimum absolute atomic E-state index is 0.366. The Labute approximate surface area is 93.9 Å². The molecule has 0 aliphatic carbocycles. The van der Waals surface area contributed by atoms with Crippen molar-refractivity contribution >= 4 is 17.6 Å². The molecule has 0 aromatic heterocycles. The van der Waals surface area contributed by atoms with E-state index in [1.54, 1.807) is 12.1 Å². The highest BCUT2D eigenvalue weighted by Gasteiger charge is 1.98. The molecule has 1 N–H and O–H groups in total. The Kier molecular flexibility index (Phi) is 4.27. The number of nitrogens with one attached hydrogen (secondary N) is 1. The second-order valence-corrected chi connectivity index (χ2v) is 3.21. The van der Waals surface area contributed by atoms with Crippen LogP contribution in [-0.4, -0.2) is 19.0 Å². The van der Waals surface area contributed by atoms with Gasteiger partial charge in [-0.25, -0.2) is 4.79 Å². The molecular formula is C12H13NO3. The number of benzene rings is 1. The van der Waals surface area contributed by atoms with Crippen molar-refractivity contribution in [3.05, 3.63) is 42.0 Å². The van der Waals surface area contributed by atoms with Gasteiger partial charge in [0.25, 0.3) is 0 Å². The van der Waals surface area contributed by atoms with E-state index in [0.717, 1.165) is 17.7 Å². The Hall–Kier alpha value is -2.10. The number of esters is 1. The van der Waals surface area contributed by atoms with E-state index in [9.17, 15) is 9.59 Å². The highest BCUT2D eigenvalue weighted by molar-refractivity contribution is 6.02. The summed E-state index contributed by atoms with van der Waals surface area (Å²) in [6, 6.07) is 7.36. The average Bonchev–Trinajstić information content (AvgIpc) is 2.29. The van der Waals surface area contributed by atoms with Crippen molar-refractivity contribution in [2.75, 3.05) is 12.4 Å². The van der Waals surface area contributed by atoms with Crippen molar-refractivity contribution in [1.82, 2.24) is 0 Å². The summed E-state index contributed by atoms with van der Waals surface area (Å²) in [5.74, 6) is -0.923. The third kappa shape index (κ3) is 3.96. The molecule has 0 bridgehead atoms. The number of aryl methyl sites for hydroxylation is 1. The second-order valence-electron chi connectivity index (χ2n) is 3.21. The summed E-state index contributed by atoms with van der Waals surface area (Å²) >= 11 is 0. The maximum absolute atomic E-state index is 11.3. The van der Waals surface area contributed by atoms with Crippen LogP contribution >= 0.6 is 0 Å². The van der Waals surface area contributed by atoms with Crippen molar-refractivity contribution in [1.29, 1.82) is 0 Å². The van der Waals surface area contributed by atoms with Gasteiger partial charge < -0.3 is 10.1 Å². The molecule has 1 aromatic rings. The molecule has 84 valence electrons. The summed E-state index contributed by atoms with van der Waals surface area (Å²) in [4.78, 5) is 22.0. The van der Waals surface area contributed by atoms with Crippen LogP contribution in [0.1, 0.15) is 5.56 Å². The summed E-state index contributed by atoms with van der Waals surface area (Å²) in [5, 5.41) is 2.62. The Bertz CT molecular complexity index is 407. The fraction of sp³-hybridized carbons (Fsp3) is 0.167. The number of methoxy groups -OCH3 is 1. The fourth-order valence-electron chi connectivity index (χ4n) is 1.03. The molecule has 4 heteroatoms. The van der Waals surface area contributed by atoms with Gasteiger partial charge in [0, 0.05) is 17.8 Å². The van der Waals surface area contributed by atoms with Gasteiger partial charge in [0.2, 0.25) is 5.91 Å². The molecular weight excluding hydrogens is 206 g/mol. The van der Waals surface area contributed by atoms with E-state index >= 15 is 0 Å². The lowest BCUT2D eigenvalue weighted by Crippen LogP contribution is -2.08. The maximum atomic E-state index is 11.3. The Morgan fingerprint density at radius 2 is 1.81 bits per heavy atom. The first-order chi connectivity index (χ1) is 7.61. The van der Waals surface area contributed by atoms with Gasteiger partial charge in [0.15, 0.2) is 0 Å². The predicted octanol–water partition coefficient (Wildman–Crippen LogP) is 1.66. The minimum atomic E-state index is -0.556. The average molecular weight is 219 g/mol. The Morgan fingerprint density at radius 1 is 1.19 bits per heavy atom. The lowest BCUT2D eigenvalue weighted by molar-refractivity contribution is -0.135. The van der Waals surface area contributed by atoms with Gasteiger partial charge in [0.05, 0.1) is 7.11 Å². The monoisotopic (exact) mass is 219 g/mol. The van der Waals surface area contributed by atoms with Crippen LogP contribution in [0.25, 0.3) is 0 Å². The van der Waals surface area contributed by atoms with Gasteiger partial charge in [-0.1, -0.05) is 17.7 Å². The van der Waals surface area contributed by atoms with Crippen molar-refractivity contribution in [3.63, 3.8) is 0 Å². The first-order valence-electron chi connectivity index (χ1n) is 4.75. The highest BCUT2D eigenvalue weighted by atomic mass is 16.5. The van der Waals surface area contributed by atoms with Gasteiger partial charge in [-0.3, -0.25) is 4.79 Å². The molecule has 0 aliphatic rings. The lowest BCUT2D eigenvalue weighted by Gasteiger charge is -2.01. The van der Waals surface area contributed by atoms with Gasteiger partial charge >= 0.3 is 5.97 Å². The fourth-order valence-corrected chi connectivity index (χ4v) is 1.03. The molecule has 0 saturated heterocycles. The van der Waals surface area contributed by atoms with Crippen LogP contribution in [0.3, 0.4) is 0 Å². The second kappa shape index (κ2) is 5.70. The summed E-state index contributed by atoms with van der Waals surface area (Å²) in [6.45, 7) is 1.96. The molecule has 1 aromatic carbocycles. The maximum Gasteiger partial charge on any atom is 0.330 e. The van der Waals surface area contributed by atoms with E-state index in [0.29, 0.717) is 5.69 Å². The number of amides is 1. The standard InChI is InChI=1S/C12H13NO3/c1-9-3-5-10(6-4-9)13-11(14)7-8-12(15)16-2/h3-8H,1-2H3,(H,13,14)/b8-7+.